The highest BCUT2D eigenvalue weighted by Gasteiger charge is 2.34. The molecular weight excluding hydrogens is 240 g/mol. The summed E-state index contributed by atoms with van der Waals surface area (Å²) in [4.78, 5) is 14.4. The summed E-state index contributed by atoms with van der Waals surface area (Å²) in [5, 5.41) is 0. The number of carbonyl (C=O) groups is 1. The maximum atomic E-state index is 11.6. The number of esters is 1. The van der Waals surface area contributed by atoms with Crippen LogP contribution in [0.15, 0.2) is 0 Å². The van der Waals surface area contributed by atoms with Crippen LogP contribution in [0.25, 0.3) is 5.53 Å². The van der Waals surface area contributed by atoms with Crippen molar-refractivity contribution in [1.82, 2.24) is 0 Å². The van der Waals surface area contributed by atoms with Gasteiger partial charge in [0.25, 0.3) is 0 Å². The molecule has 2 rings (SSSR count). The zero-order valence-corrected chi connectivity index (χ0v) is 11.6. The summed E-state index contributed by atoms with van der Waals surface area (Å²) < 4.78 is 5.62. The van der Waals surface area contributed by atoms with Gasteiger partial charge in [0.2, 0.25) is 0 Å². The smallest absolute Gasteiger partial charge is 0.413 e. The van der Waals surface area contributed by atoms with Gasteiger partial charge in [-0.1, -0.05) is 38.5 Å². The van der Waals surface area contributed by atoms with Crippen molar-refractivity contribution in [3.05, 3.63) is 5.53 Å². The highest BCUT2D eigenvalue weighted by atomic mass is 16.5. The quantitative estimate of drug-likeness (QED) is 0.338. The summed E-state index contributed by atoms with van der Waals surface area (Å²) in [6.45, 7) is 0. The van der Waals surface area contributed by atoms with E-state index < -0.39 is 5.97 Å². The Morgan fingerprint density at radius 2 is 1.47 bits per heavy atom. The standard InChI is InChI=1S/C15H24N2O2/c16-17-11-14(18)19-15(12-7-3-1-4-8-12)13-9-5-2-6-10-13/h11-13,15H,1-10H2. The normalized spacial score (nSPS) is 21.9. The average Bonchev–Trinajstić information content (AvgIpc) is 2.47. The molecule has 0 bridgehead atoms. The van der Waals surface area contributed by atoms with Gasteiger partial charge in [-0.15, -0.1) is 0 Å². The van der Waals surface area contributed by atoms with Gasteiger partial charge in [0.1, 0.15) is 6.10 Å². The Morgan fingerprint density at radius 1 is 1.00 bits per heavy atom. The van der Waals surface area contributed by atoms with Crippen LogP contribution >= 0.6 is 0 Å². The third kappa shape index (κ3) is 4.17. The molecule has 2 aliphatic carbocycles. The van der Waals surface area contributed by atoms with Crippen LogP contribution in [0.4, 0.5) is 0 Å². The predicted octanol–water partition coefficient (Wildman–Crippen LogP) is 3.36. The lowest BCUT2D eigenvalue weighted by molar-refractivity contribution is -0.152. The molecule has 19 heavy (non-hydrogen) atoms. The van der Waals surface area contributed by atoms with E-state index in [1.165, 1.54) is 64.2 Å². The van der Waals surface area contributed by atoms with Crippen molar-refractivity contribution < 1.29 is 14.3 Å². The topological polar surface area (TPSA) is 62.7 Å². The Bertz CT molecular complexity index is 320. The van der Waals surface area contributed by atoms with Crippen molar-refractivity contribution in [3.8, 4) is 0 Å². The second-order valence-electron chi connectivity index (χ2n) is 5.94. The number of rotatable bonds is 4. The number of nitrogens with zero attached hydrogens (tertiary/aromatic N) is 2. The molecule has 4 nitrogen and oxygen atoms in total. The summed E-state index contributed by atoms with van der Waals surface area (Å²) in [6.07, 6.45) is 13.2. The zero-order valence-electron chi connectivity index (χ0n) is 11.6. The molecule has 2 aliphatic rings. The van der Waals surface area contributed by atoms with Gasteiger partial charge in [-0.2, -0.15) is 4.79 Å². The fourth-order valence-corrected chi connectivity index (χ4v) is 3.71. The molecule has 106 valence electrons. The maximum absolute atomic E-state index is 11.6. The minimum absolute atomic E-state index is 0.0334. The fraction of sp³-hybridized carbons (Fsp3) is 0.867. The van der Waals surface area contributed by atoms with Crippen molar-refractivity contribution in [1.29, 1.82) is 0 Å². The highest BCUT2D eigenvalue weighted by molar-refractivity contribution is 6.20. The molecule has 2 saturated carbocycles. The van der Waals surface area contributed by atoms with Gasteiger partial charge in [-0.3, -0.25) is 0 Å². The van der Waals surface area contributed by atoms with Crippen molar-refractivity contribution >= 4 is 12.2 Å². The summed E-state index contributed by atoms with van der Waals surface area (Å²) in [6, 6.07) is 0. The Morgan fingerprint density at radius 3 is 1.89 bits per heavy atom. The third-order valence-corrected chi connectivity index (χ3v) is 4.64. The van der Waals surface area contributed by atoms with Crippen LogP contribution in [0, 0.1) is 11.8 Å². The lowest BCUT2D eigenvalue weighted by atomic mass is 9.75. The van der Waals surface area contributed by atoms with Crippen LogP contribution in [0.1, 0.15) is 64.2 Å². The van der Waals surface area contributed by atoms with E-state index in [0.29, 0.717) is 11.8 Å². The zero-order chi connectivity index (χ0) is 13.5. The lowest BCUT2D eigenvalue weighted by Crippen LogP contribution is -2.36. The number of ether oxygens (including phenoxy) is 1. The highest BCUT2D eigenvalue weighted by Crippen LogP contribution is 2.37. The van der Waals surface area contributed by atoms with E-state index in [2.05, 4.69) is 4.79 Å². The van der Waals surface area contributed by atoms with Crippen LogP contribution < -0.4 is 0 Å². The summed E-state index contributed by atoms with van der Waals surface area (Å²) >= 11 is 0. The first-order valence-corrected chi connectivity index (χ1v) is 7.69. The molecule has 2 fully saturated rings. The van der Waals surface area contributed by atoms with Gasteiger partial charge >= 0.3 is 12.2 Å². The maximum Gasteiger partial charge on any atom is 0.413 e. The molecule has 0 aromatic heterocycles. The molecule has 0 heterocycles. The molecule has 0 amide bonds. The molecular formula is C15H24N2O2. The SMILES string of the molecule is [N-]=[N+]=CC(=O)OC(C1CCCCC1)C1CCCCC1. The molecule has 0 radical (unpaired) electrons. The first-order chi connectivity index (χ1) is 9.31. The molecule has 0 atom stereocenters. The van der Waals surface area contributed by atoms with Gasteiger partial charge in [-0.05, 0) is 37.5 Å². The first-order valence-electron chi connectivity index (χ1n) is 7.69. The monoisotopic (exact) mass is 264 g/mol. The average molecular weight is 264 g/mol. The first kappa shape index (κ1) is 14.3. The number of hydrogen-bond donors (Lipinski definition) is 0. The van der Waals surface area contributed by atoms with Crippen LogP contribution in [0.2, 0.25) is 0 Å². The van der Waals surface area contributed by atoms with Crippen molar-refractivity contribution in [2.24, 2.45) is 11.8 Å². The minimum Gasteiger partial charge on any atom is -0.453 e. The van der Waals surface area contributed by atoms with E-state index in [0.717, 1.165) is 6.21 Å². The van der Waals surface area contributed by atoms with Gasteiger partial charge in [0, 0.05) is 0 Å². The van der Waals surface area contributed by atoms with E-state index in [-0.39, 0.29) is 6.10 Å². The van der Waals surface area contributed by atoms with Gasteiger partial charge in [0.15, 0.2) is 0 Å². The molecule has 0 aromatic rings. The van der Waals surface area contributed by atoms with E-state index in [4.69, 9.17) is 10.3 Å². The molecule has 0 aliphatic heterocycles. The van der Waals surface area contributed by atoms with Crippen molar-refractivity contribution in [3.63, 3.8) is 0 Å². The Hall–Kier alpha value is -1.15. The molecule has 0 spiro atoms. The van der Waals surface area contributed by atoms with Crippen molar-refractivity contribution in [2.75, 3.05) is 0 Å². The van der Waals surface area contributed by atoms with E-state index in [1.54, 1.807) is 0 Å². The van der Waals surface area contributed by atoms with E-state index in [9.17, 15) is 4.79 Å². The lowest BCUT2D eigenvalue weighted by Gasteiger charge is -2.36. The number of carbonyl (C=O) groups excluding carboxylic acids is 1. The third-order valence-electron chi connectivity index (χ3n) is 4.64. The van der Waals surface area contributed by atoms with Crippen LogP contribution in [0.3, 0.4) is 0 Å². The van der Waals surface area contributed by atoms with Crippen LogP contribution in [-0.4, -0.2) is 23.1 Å². The molecule has 4 heteroatoms. The van der Waals surface area contributed by atoms with Gasteiger partial charge in [-0.25, -0.2) is 4.79 Å². The fourth-order valence-electron chi connectivity index (χ4n) is 3.71. The van der Waals surface area contributed by atoms with Crippen LogP contribution in [-0.2, 0) is 9.53 Å². The predicted molar refractivity (Wildman–Crippen MR) is 72.7 cm³/mol. The minimum atomic E-state index is -0.497. The Kier molecular flexibility index (Phi) is 5.59. The summed E-state index contributed by atoms with van der Waals surface area (Å²) in [5.41, 5.74) is 8.44. The molecule has 0 unspecified atom stereocenters. The Labute approximate surface area is 115 Å². The van der Waals surface area contributed by atoms with Gasteiger partial charge < -0.3 is 10.3 Å². The molecule has 0 aromatic carbocycles. The second kappa shape index (κ2) is 7.44. The summed E-state index contributed by atoms with van der Waals surface area (Å²) in [5.74, 6) is 0.518. The Balaban J connectivity index is 2.01. The molecule has 0 saturated heterocycles. The largest absolute Gasteiger partial charge is 0.453 e. The van der Waals surface area contributed by atoms with Crippen LogP contribution in [0.5, 0.6) is 0 Å². The molecule has 0 N–H and O–H groups in total. The van der Waals surface area contributed by atoms with E-state index >= 15 is 0 Å². The van der Waals surface area contributed by atoms with Crippen molar-refractivity contribution in [2.45, 2.75) is 70.3 Å². The van der Waals surface area contributed by atoms with Gasteiger partial charge in [0.05, 0.1) is 0 Å². The second-order valence-corrected chi connectivity index (χ2v) is 5.94. The number of hydrogen-bond acceptors (Lipinski definition) is 2. The van der Waals surface area contributed by atoms with E-state index in [1.807, 2.05) is 0 Å². The summed E-state index contributed by atoms with van der Waals surface area (Å²) in [7, 11) is 0.